The highest BCUT2D eigenvalue weighted by molar-refractivity contribution is 6.09. The Hall–Kier alpha value is -3.27. The van der Waals surface area contributed by atoms with Gasteiger partial charge in [-0.1, -0.05) is 55.5 Å². The van der Waals surface area contributed by atoms with Crippen molar-refractivity contribution >= 4 is 30.1 Å². The van der Waals surface area contributed by atoms with Crippen LogP contribution in [0.3, 0.4) is 0 Å². The van der Waals surface area contributed by atoms with E-state index in [0.29, 0.717) is 61.7 Å². The summed E-state index contributed by atoms with van der Waals surface area (Å²) in [5.74, 6) is 1.70. The molecule has 2 aromatic carbocycles. The largest absolute Gasteiger partial charge is 0.394 e. The number of nitrogens with zero attached hydrogens (tertiary/aromatic N) is 5. The molecule has 1 fully saturated rings. The van der Waals surface area contributed by atoms with Crippen LogP contribution in [-0.4, -0.2) is 76.0 Å². The van der Waals surface area contributed by atoms with Crippen molar-refractivity contribution in [3.05, 3.63) is 77.1 Å². The zero-order valence-corrected chi connectivity index (χ0v) is 20.7. The average Bonchev–Trinajstić information content (AvgIpc) is 3.26. The number of aliphatic imine (C=N–C) groups is 1. The quantitative estimate of drug-likeness (QED) is 0.293. The van der Waals surface area contributed by atoms with Crippen LogP contribution in [-0.2, 0) is 11.8 Å². The van der Waals surface area contributed by atoms with Crippen molar-refractivity contribution < 1.29 is 14.6 Å². The van der Waals surface area contributed by atoms with E-state index in [9.17, 15) is 9.90 Å². The molecule has 2 N–H and O–H groups in total. The first-order chi connectivity index (χ1) is 16.6. The van der Waals surface area contributed by atoms with Crippen LogP contribution in [0.5, 0.6) is 0 Å². The lowest BCUT2D eigenvalue weighted by Crippen LogP contribution is -2.44. The molecule has 0 bridgehead atoms. The molecule has 10 heteroatoms. The van der Waals surface area contributed by atoms with Gasteiger partial charge in [0.05, 0.1) is 26.4 Å². The molecule has 1 atom stereocenters. The van der Waals surface area contributed by atoms with Crippen molar-refractivity contribution in [1.82, 2.24) is 19.7 Å². The van der Waals surface area contributed by atoms with Gasteiger partial charge in [-0.15, -0.1) is 12.4 Å². The number of aliphatic hydroxyl groups is 1. The fourth-order valence-corrected chi connectivity index (χ4v) is 3.80. The summed E-state index contributed by atoms with van der Waals surface area (Å²) in [6.07, 6.45) is 0. The van der Waals surface area contributed by atoms with E-state index >= 15 is 0 Å². The second kappa shape index (κ2) is 12.4. The van der Waals surface area contributed by atoms with Crippen molar-refractivity contribution in [1.29, 1.82) is 0 Å². The highest BCUT2D eigenvalue weighted by Gasteiger charge is 2.21. The standard InChI is InChI=1S/C25H30N6O3.ClH/c1-18(20-9-6-10-21(17-20)22(33)19-7-4-3-5-8-19)23-27-25(30(2)29-23)28-24(26-11-14-32)31-12-15-34-16-13-31;/h3-10,17-18,32H,11-16H2,1-2H3,(H,26,27,28,29);1H. The van der Waals surface area contributed by atoms with Gasteiger partial charge in [0, 0.05) is 37.2 Å². The topological polar surface area (TPSA) is 105 Å². The second-order valence-corrected chi connectivity index (χ2v) is 8.11. The van der Waals surface area contributed by atoms with Crippen molar-refractivity contribution in [3.8, 4) is 0 Å². The number of benzene rings is 2. The Morgan fingerprint density at radius 3 is 2.57 bits per heavy atom. The number of hydrogen-bond acceptors (Lipinski definition) is 6. The van der Waals surface area contributed by atoms with Gasteiger partial charge in [-0.25, -0.2) is 4.68 Å². The van der Waals surface area contributed by atoms with Crippen molar-refractivity contribution in [3.63, 3.8) is 0 Å². The van der Waals surface area contributed by atoms with Crippen LogP contribution < -0.4 is 5.32 Å². The fraction of sp³-hybridized carbons (Fsp3) is 0.360. The smallest absolute Gasteiger partial charge is 0.227 e. The predicted molar refractivity (Wildman–Crippen MR) is 137 cm³/mol. The number of ketones is 1. The summed E-state index contributed by atoms with van der Waals surface area (Å²) in [7, 11) is 1.82. The maximum atomic E-state index is 12.9. The molecule has 0 spiro atoms. The average molecular weight is 499 g/mol. The van der Waals surface area contributed by atoms with Gasteiger partial charge in [-0.2, -0.15) is 10.1 Å². The van der Waals surface area contributed by atoms with E-state index in [4.69, 9.17) is 9.72 Å². The minimum atomic E-state index is -0.119. The SMILES string of the molecule is CC(c1cccc(C(=O)c2ccccc2)c1)c1nc(NC(=NCCO)N2CCOCC2)n(C)n1.Cl. The molecular formula is C25H31ClN6O3. The lowest BCUT2D eigenvalue weighted by molar-refractivity contribution is 0.0678. The number of carbonyl (C=O) groups is 1. The first kappa shape index (κ1) is 26.3. The molecule has 0 aliphatic carbocycles. The molecule has 3 aromatic rings. The third-order valence-electron chi connectivity index (χ3n) is 5.75. The lowest BCUT2D eigenvalue weighted by atomic mass is 9.95. The predicted octanol–water partition coefficient (Wildman–Crippen LogP) is 2.71. The van der Waals surface area contributed by atoms with Gasteiger partial charge in [-0.05, 0) is 11.6 Å². The molecule has 0 saturated carbocycles. The highest BCUT2D eigenvalue weighted by atomic mass is 35.5. The molecule has 1 aromatic heterocycles. The number of carbonyl (C=O) groups excluding carboxylic acids is 1. The third kappa shape index (κ3) is 6.45. The van der Waals surface area contributed by atoms with Crippen LogP contribution in [0.25, 0.3) is 0 Å². The Labute approximate surface area is 211 Å². The molecule has 0 amide bonds. The molecule has 2 heterocycles. The number of aromatic nitrogens is 3. The highest BCUT2D eigenvalue weighted by Crippen LogP contribution is 2.24. The molecule has 0 radical (unpaired) electrons. The number of nitrogens with one attached hydrogen (secondary N) is 1. The van der Waals surface area contributed by atoms with Crippen LogP contribution in [0.1, 0.15) is 40.2 Å². The summed E-state index contributed by atoms with van der Waals surface area (Å²) in [6.45, 7) is 4.95. The summed E-state index contributed by atoms with van der Waals surface area (Å²) in [6, 6.07) is 16.9. The van der Waals surface area contributed by atoms with Gasteiger partial charge >= 0.3 is 0 Å². The van der Waals surface area contributed by atoms with E-state index in [2.05, 4.69) is 20.3 Å². The minimum absolute atomic E-state index is 0. The van der Waals surface area contributed by atoms with E-state index < -0.39 is 0 Å². The molecule has 1 saturated heterocycles. The van der Waals surface area contributed by atoms with Crippen molar-refractivity contribution in [2.24, 2.45) is 12.0 Å². The number of aryl methyl sites for hydroxylation is 1. The minimum Gasteiger partial charge on any atom is -0.394 e. The first-order valence-corrected chi connectivity index (χ1v) is 11.4. The Bertz CT molecular complexity index is 1150. The van der Waals surface area contributed by atoms with Gasteiger partial charge in [-0.3, -0.25) is 15.1 Å². The zero-order valence-electron chi connectivity index (χ0n) is 19.9. The number of anilines is 1. The zero-order chi connectivity index (χ0) is 23.9. The Kier molecular flexibility index (Phi) is 9.36. The Morgan fingerprint density at radius 2 is 1.86 bits per heavy atom. The Morgan fingerprint density at radius 1 is 1.14 bits per heavy atom. The van der Waals surface area contributed by atoms with Gasteiger partial charge in [0.2, 0.25) is 11.9 Å². The van der Waals surface area contributed by atoms with Crippen LogP contribution >= 0.6 is 12.4 Å². The summed E-state index contributed by atoms with van der Waals surface area (Å²) < 4.78 is 7.12. The maximum Gasteiger partial charge on any atom is 0.227 e. The van der Waals surface area contributed by atoms with Gasteiger partial charge in [0.15, 0.2) is 11.6 Å². The summed E-state index contributed by atoms with van der Waals surface area (Å²) in [5, 5.41) is 17.1. The number of guanidine groups is 1. The van der Waals surface area contributed by atoms with Crippen LogP contribution in [0.15, 0.2) is 59.6 Å². The monoisotopic (exact) mass is 498 g/mol. The second-order valence-electron chi connectivity index (χ2n) is 8.11. The lowest BCUT2D eigenvalue weighted by Gasteiger charge is -2.29. The number of morpholine rings is 1. The van der Waals surface area contributed by atoms with Crippen LogP contribution in [0, 0.1) is 0 Å². The Balaban J connectivity index is 0.00000342. The van der Waals surface area contributed by atoms with E-state index in [-0.39, 0.29) is 30.7 Å². The van der Waals surface area contributed by atoms with E-state index in [1.54, 1.807) is 4.68 Å². The molecule has 1 aliphatic heterocycles. The molecule has 9 nitrogen and oxygen atoms in total. The van der Waals surface area contributed by atoms with Gasteiger partial charge < -0.3 is 14.7 Å². The third-order valence-corrected chi connectivity index (χ3v) is 5.75. The van der Waals surface area contributed by atoms with Crippen molar-refractivity contribution in [2.75, 3.05) is 44.8 Å². The molecule has 186 valence electrons. The van der Waals surface area contributed by atoms with E-state index in [0.717, 1.165) is 5.56 Å². The number of aliphatic hydroxyl groups excluding tert-OH is 1. The van der Waals surface area contributed by atoms with E-state index in [1.165, 1.54) is 0 Å². The number of halogens is 1. The number of rotatable bonds is 7. The summed E-state index contributed by atoms with van der Waals surface area (Å²) in [4.78, 5) is 24.2. The molecule has 35 heavy (non-hydrogen) atoms. The van der Waals surface area contributed by atoms with Gasteiger partial charge in [0.1, 0.15) is 0 Å². The molecular weight excluding hydrogens is 468 g/mol. The van der Waals surface area contributed by atoms with Crippen LogP contribution in [0.2, 0.25) is 0 Å². The number of hydrogen-bond donors (Lipinski definition) is 2. The van der Waals surface area contributed by atoms with Crippen molar-refractivity contribution in [2.45, 2.75) is 12.8 Å². The first-order valence-electron chi connectivity index (χ1n) is 11.4. The maximum absolute atomic E-state index is 12.9. The molecule has 1 aliphatic rings. The van der Waals surface area contributed by atoms with E-state index in [1.807, 2.05) is 68.6 Å². The molecule has 4 rings (SSSR count). The summed E-state index contributed by atoms with van der Waals surface area (Å²) in [5.41, 5.74) is 2.25. The fourth-order valence-electron chi connectivity index (χ4n) is 3.80. The molecule has 1 unspecified atom stereocenters. The van der Waals surface area contributed by atoms with Gasteiger partial charge in [0.25, 0.3) is 0 Å². The van der Waals surface area contributed by atoms with Crippen LogP contribution in [0.4, 0.5) is 5.95 Å². The normalized spacial score (nSPS) is 14.8. The summed E-state index contributed by atoms with van der Waals surface area (Å²) >= 11 is 0. The number of ether oxygens (including phenoxy) is 1.